The molecule has 1 aliphatic heterocycles. The van der Waals surface area contributed by atoms with Gasteiger partial charge in [-0.25, -0.2) is 4.98 Å². The van der Waals surface area contributed by atoms with Gasteiger partial charge in [0.2, 0.25) is 0 Å². The highest BCUT2D eigenvalue weighted by Crippen LogP contribution is 2.27. The molecular weight excluding hydrogens is 405 g/mol. The van der Waals surface area contributed by atoms with E-state index in [2.05, 4.69) is 42.7 Å². The summed E-state index contributed by atoms with van der Waals surface area (Å²) in [4.78, 5) is 17.9. The van der Waals surface area contributed by atoms with Crippen LogP contribution in [0.4, 0.5) is 0 Å². The maximum Gasteiger partial charge on any atom is 0.252 e. The van der Waals surface area contributed by atoms with Crippen LogP contribution in [0, 0.1) is 13.8 Å². The summed E-state index contributed by atoms with van der Waals surface area (Å²) in [5.41, 5.74) is 5.87. The minimum Gasteiger partial charge on any atom is -0.349 e. The fraction of sp³-hybridized carbons (Fsp3) is 0.304. The molecule has 4 rings (SSSR count). The Kier molecular flexibility index (Phi) is 8.03. The average Bonchev–Trinajstić information content (AvgIpc) is 2.68. The van der Waals surface area contributed by atoms with Gasteiger partial charge in [0.15, 0.2) is 0 Å². The number of aryl methyl sites for hydroxylation is 2. The van der Waals surface area contributed by atoms with Crippen molar-refractivity contribution in [1.29, 1.82) is 0 Å². The van der Waals surface area contributed by atoms with Crippen LogP contribution in [-0.4, -0.2) is 30.0 Å². The molecule has 1 aliphatic rings. The third kappa shape index (κ3) is 5.08. The standard InChI is InChI=1S/C23H25N3O.2ClH/c1-15-7-8-18(16(2)13-15)22-14-20(19-5-3-4-6-21(19)26-22)23(27)25-17-9-11-24-12-10-17;;/h3-8,13-14,17,24H,9-12H2,1-2H3,(H,25,27);2*1H. The fourth-order valence-corrected chi connectivity index (χ4v) is 3.83. The normalized spacial score (nSPS) is 14.0. The number of aromatic nitrogens is 1. The zero-order valence-electron chi connectivity index (χ0n) is 16.7. The zero-order chi connectivity index (χ0) is 18.8. The molecule has 1 fully saturated rings. The molecule has 2 aromatic carbocycles. The Balaban J connectivity index is 0.00000150. The lowest BCUT2D eigenvalue weighted by Gasteiger charge is -2.24. The first-order chi connectivity index (χ1) is 13.1. The van der Waals surface area contributed by atoms with Gasteiger partial charge in [0.1, 0.15) is 0 Å². The Labute approximate surface area is 184 Å². The first kappa shape index (κ1) is 23.1. The average molecular weight is 432 g/mol. The number of carbonyl (C=O) groups is 1. The molecule has 2 heterocycles. The smallest absolute Gasteiger partial charge is 0.252 e. The monoisotopic (exact) mass is 431 g/mol. The van der Waals surface area contributed by atoms with Crippen molar-refractivity contribution in [2.75, 3.05) is 13.1 Å². The van der Waals surface area contributed by atoms with Gasteiger partial charge in [0, 0.05) is 17.0 Å². The van der Waals surface area contributed by atoms with Crippen molar-refractivity contribution >= 4 is 41.6 Å². The topological polar surface area (TPSA) is 54.0 Å². The van der Waals surface area contributed by atoms with Crippen LogP contribution in [-0.2, 0) is 0 Å². The van der Waals surface area contributed by atoms with Crippen LogP contribution < -0.4 is 10.6 Å². The molecule has 6 heteroatoms. The van der Waals surface area contributed by atoms with Crippen molar-refractivity contribution in [3.8, 4) is 11.3 Å². The van der Waals surface area contributed by atoms with E-state index in [0.717, 1.165) is 48.1 Å². The summed E-state index contributed by atoms with van der Waals surface area (Å²) < 4.78 is 0. The van der Waals surface area contributed by atoms with E-state index < -0.39 is 0 Å². The highest BCUT2D eigenvalue weighted by Gasteiger charge is 2.19. The van der Waals surface area contributed by atoms with Gasteiger partial charge in [-0.1, -0.05) is 42.0 Å². The molecule has 1 saturated heterocycles. The number of para-hydroxylation sites is 1. The molecule has 0 unspecified atom stereocenters. The van der Waals surface area contributed by atoms with E-state index in [4.69, 9.17) is 4.98 Å². The lowest BCUT2D eigenvalue weighted by atomic mass is 9.99. The second kappa shape index (κ2) is 10.1. The van der Waals surface area contributed by atoms with Crippen LogP contribution >= 0.6 is 24.8 Å². The quantitative estimate of drug-likeness (QED) is 0.623. The third-order valence-electron chi connectivity index (χ3n) is 5.29. The number of amides is 1. The maximum atomic E-state index is 13.1. The minimum atomic E-state index is -0.00786. The first-order valence-corrected chi connectivity index (χ1v) is 9.61. The second-order valence-corrected chi connectivity index (χ2v) is 7.39. The molecule has 0 aliphatic carbocycles. The highest BCUT2D eigenvalue weighted by molar-refractivity contribution is 6.07. The van der Waals surface area contributed by atoms with E-state index in [1.165, 1.54) is 11.1 Å². The number of hydrogen-bond acceptors (Lipinski definition) is 3. The van der Waals surface area contributed by atoms with Gasteiger partial charge in [-0.3, -0.25) is 4.79 Å². The summed E-state index contributed by atoms with van der Waals surface area (Å²) >= 11 is 0. The molecule has 154 valence electrons. The van der Waals surface area contributed by atoms with Crippen molar-refractivity contribution in [3.05, 3.63) is 65.2 Å². The SMILES string of the molecule is Cc1ccc(-c2cc(C(=O)NC3CCNCC3)c3ccccc3n2)c(C)c1.Cl.Cl. The summed E-state index contributed by atoms with van der Waals surface area (Å²) in [6, 6.07) is 16.4. The third-order valence-corrected chi connectivity index (χ3v) is 5.29. The molecule has 3 aromatic rings. The number of benzene rings is 2. The van der Waals surface area contributed by atoms with E-state index >= 15 is 0 Å². The summed E-state index contributed by atoms with van der Waals surface area (Å²) in [6.45, 7) is 6.09. The fourth-order valence-electron chi connectivity index (χ4n) is 3.83. The number of hydrogen-bond donors (Lipinski definition) is 2. The van der Waals surface area contributed by atoms with Crippen molar-refractivity contribution in [2.45, 2.75) is 32.7 Å². The number of nitrogens with zero attached hydrogens (tertiary/aromatic N) is 1. The van der Waals surface area contributed by atoms with Gasteiger partial charge in [-0.2, -0.15) is 0 Å². The van der Waals surface area contributed by atoms with Crippen molar-refractivity contribution in [2.24, 2.45) is 0 Å². The molecule has 29 heavy (non-hydrogen) atoms. The second-order valence-electron chi connectivity index (χ2n) is 7.39. The van der Waals surface area contributed by atoms with Crippen molar-refractivity contribution in [1.82, 2.24) is 15.6 Å². The van der Waals surface area contributed by atoms with Gasteiger partial charge < -0.3 is 10.6 Å². The van der Waals surface area contributed by atoms with E-state index in [0.29, 0.717) is 5.56 Å². The highest BCUT2D eigenvalue weighted by atomic mass is 35.5. The van der Waals surface area contributed by atoms with Crippen LogP contribution in [0.5, 0.6) is 0 Å². The van der Waals surface area contributed by atoms with Crippen LogP contribution in [0.2, 0.25) is 0 Å². The minimum absolute atomic E-state index is 0. The first-order valence-electron chi connectivity index (χ1n) is 9.61. The summed E-state index contributed by atoms with van der Waals surface area (Å²) in [6.07, 6.45) is 1.94. The summed E-state index contributed by atoms with van der Waals surface area (Å²) in [7, 11) is 0. The van der Waals surface area contributed by atoms with E-state index in [9.17, 15) is 4.79 Å². The molecule has 4 nitrogen and oxygen atoms in total. The molecule has 1 amide bonds. The van der Waals surface area contributed by atoms with Crippen molar-refractivity contribution < 1.29 is 4.79 Å². The Morgan fingerprint density at radius 3 is 2.48 bits per heavy atom. The van der Waals surface area contributed by atoms with E-state index in [1.807, 2.05) is 30.3 Å². The molecular formula is C23H27Cl2N3O. The lowest BCUT2D eigenvalue weighted by Crippen LogP contribution is -2.42. The van der Waals surface area contributed by atoms with Crippen LogP contribution in [0.1, 0.15) is 34.3 Å². The molecule has 0 atom stereocenters. The molecule has 0 spiro atoms. The number of carbonyl (C=O) groups excluding carboxylic acids is 1. The van der Waals surface area contributed by atoms with E-state index in [1.54, 1.807) is 0 Å². The number of fused-ring (bicyclic) bond motifs is 1. The Morgan fingerprint density at radius 2 is 1.76 bits per heavy atom. The van der Waals surface area contributed by atoms with Gasteiger partial charge in [0.25, 0.3) is 5.91 Å². The Morgan fingerprint density at radius 1 is 1.03 bits per heavy atom. The summed E-state index contributed by atoms with van der Waals surface area (Å²) in [5.74, 6) is -0.00786. The number of halogens is 2. The molecule has 0 radical (unpaired) electrons. The van der Waals surface area contributed by atoms with Gasteiger partial charge in [0.05, 0.1) is 16.8 Å². The lowest BCUT2D eigenvalue weighted by molar-refractivity contribution is 0.0931. The Hall–Kier alpha value is -2.14. The zero-order valence-corrected chi connectivity index (χ0v) is 18.3. The number of pyridine rings is 1. The van der Waals surface area contributed by atoms with Crippen LogP contribution in [0.15, 0.2) is 48.5 Å². The summed E-state index contributed by atoms with van der Waals surface area (Å²) in [5, 5.41) is 7.46. The van der Waals surface area contributed by atoms with Crippen molar-refractivity contribution in [3.63, 3.8) is 0 Å². The largest absolute Gasteiger partial charge is 0.349 e. The number of piperidine rings is 1. The number of rotatable bonds is 3. The predicted octanol–water partition coefficient (Wildman–Crippen LogP) is 4.84. The number of nitrogens with one attached hydrogen (secondary N) is 2. The van der Waals surface area contributed by atoms with Gasteiger partial charge in [-0.15, -0.1) is 24.8 Å². The van der Waals surface area contributed by atoms with Crippen LogP contribution in [0.3, 0.4) is 0 Å². The van der Waals surface area contributed by atoms with Crippen LogP contribution in [0.25, 0.3) is 22.2 Å². The Bertz CT molecular complexity index is 1000. The maximum absolute atomic E-state index is 13.1. The van der Waals surface area contributed by atoms with Gasteiger partial charge >= 0.3 is 0 Å². The predicted molar refractivity (Wildman–Crippen MR) is 125 cm³/mol. The molecule has 0 bridgehead atoms. The van der Waals surface area contributed by atoms with Gasteiger partial charge in [-0.05, 0) is 57.5 Å². The molecule has 0 saturated carbocycles. The molecule has 1 aromatic heterocycles. The molecule has 2 N–H and O–H groups in total. The van der Waals surface area contributed by atoms with E-state index in [-0.39, 0.29) is 36.8 Å².